The standard InChI is InChI=1S/C17H20N4O/c1-13(16-10-11-16)19-20-14(2)17(22)21-18-12-6-9-15-7-4-3-5-8-15/h3-9,12,16,20H,2,10-11H2,1H3,(H,21,22)/b9-6+,18-12+,19-13+. The molecule has 5 heteroatoms. The van der Waals surface area contributed by atoms with Gasteiger partial charge in [-0.05, 0) is 37.3 Å². The van der Waals surface area contributed by atoms with Gasteiger partial charge in [0.05, 0.1) is 0 Å². The first-order valence-corrected chi connectivity index (χ1v) is 7.21. The van der Waals surface area contributed by atoms with Crippen LogP contribution in [0.1, 0.15) is 25.3 Å². The minimum atomic E-state index is -0.406. The molecule has 1 aliphatic rings. The third-order valence-corrected chi connectivity index (χ3v) is 3.22. The van der Waals surface area contributed by atoms with E-state index in [0.29, 0.717) is 5.92 Å². The maximum absolute atomic E-state index is 11.7. The molecule has 0 aromatic heterocycles. The van der Waals surface area contributed by atoms with E-state index in [1.54, 1.807) is 6.08 Å². The first-order chi connectivity index (χ1) is 10.7. The van der Waals surface area contributed by atoms with Gasteiger partial charge in [0.2, 0.25) is 0 Å². The number of benzene rings is 1. The van der Waals surface area contributed by atoms with Gasteiger partial charge in [-0.25, -0.2) is 5.43 Å². The van der Waals surface area contributed by atoms with E-state index >= 15 is 0 Å². The van der Waals surface area contributed by atoms with Gasteiger partial charge in [0.15, 0.2) is 0 Å². The molecule has 2 rings (SSSR count). The predicted octanol–water partition coefficient (Wildman–Crippen LogP) is 2.69. The second-order valence-electron chi connectivity index (χ2n) is 5.11. The van der Waals surface area contributed by atoms with E-state index in [1.807, 2.05) is 43.3 Å². The molecule has 0 bridgehead atoms. The van der Waals surface area contributed by atoms with Crippen molar-refractivity contribution in [2.24, 2.45) is 16.1 Å². The fourth-order valence-corrected chi connectivity index (χ4v) is 1.72. The molecule has 0 aliphatic heterocycles. The third-order valence-electron chi connectivity index (χ3n) is 3.22. The number of hydrazone groups is 2. The lowest BCUT2D eigenvalue weighted by Crippen LogP contribution is -2.26. The number of allylic oxidation sites excluding steroid dienone is 1. The minimum absolute atomic E-state index is 0.171. The highest BCUT2D eigenvalue weighted by Gasteiger charge is 2.24. The molecule has 1 aromatic rings. The maximum atomic E-state index is 11.7. The lowest BCUT2D eigenvalue weighted by atomic mass is 10.2. The lowest BCUT2D eigenvalue weighted by Gasteiger charge is -2.03. The van der Waals surface area contributed by atoms with Crippen LogP contribution in [0.15, 0.2) is 58.9 Å². The molecule has 0 radical (unpaired) electrons. The number of nitrogens with one attached hydrogen (secondary N) is 2. The van der Waals surface area contributed by atoms with Gasteiger partial charge in [0.1, 0.15) is 5.70 Å². The van der Waals surface area contributed by atoms with Crippen LogP contribution in [-0.2, 0) is 4.79 Å². The Labute approximate surface area is 130 Å². The van der Waals surface area contributed by atoms with Crippen LogP contribution in [0.2, 0.25) is 0 Å². The molecule has 22 heavy (non-hydrogen) atoms. The van der Waals surface area contributed by atoms with Crippen molar-refractivity contribution in [1.29, 1.82) is 0 Å². The molecule has 1 aromatic carbocycles. The van der Waals surface area contributed by atoms with Gasteiger partial charge in [0, 0.05) is 11.9 Å². The van der Waals surface area contributed by atoms with Crippen LogP contribution in [0.25, 0.3) is 6.08 Å². The number of rotatable bonds is 7. The van der Waals surface area contributed by atoms with Gasteiger partial charge >= 0.3 is 0 Å². The molecule has 0 saturated heterocycles. The highest BCUT2D eigenvalue weighted by atomic mass is 16.2. The summed E-state index contributed by atoms with van der Waals surface area (Å²) < 4.78 is 0. The van der Waals surface area contributed by atoms with E-state index in [4.69, 9.17) is 0 Å². The predicted molar refractivity (Wildman–Crippen MR) is 90.2 cm³/mol. The van der Waals surface area contributed by atoms with E-state index in [9.17, 15) is 4.79 Å². The molecule has 0 atom stereocenters. The first kappa shape index (κ1) is 15.7. The summed E-state index contributed by atoms with van der Waals surface area (Å²) in [6.07, 6.45) is 7.51. The quantitative estimate of drug-likeness (QED) is 0.461. The van der Waals surface area contributed by atoms with Gasteiger partial charge < -0.3 is 0 Å². The summed E-state index contributed by atoms with van der Waals surface area (Å²) in [5.74, 6) is 0.154. The molecule has 1 amide bonds. The van der Waals surface area contributed by atoms with Crippen LogP contribution in [-0.4, -0.2) is 17.8 Å². The van der Waals surface area contributed by atoms with E-state index in [0.717, 1.165) is 11.3 Å². The van der Waals surface area contributed by atoms with Crippen molar-refractivity contribution in [2.75, 3.05) is 0 Å². The largest absolute Gasteiger partial charge is 0.288 e. The van der Waals surface area contributed by atoms with Gasteiger partial charge in [0.25, 0.3) is 5.91 Å². The number of amides is 1. The van der Waals surface area contributed by atoms with Crippen molar-refractivity contribution in [3.05, 3.63) is 54.2 Å². The Bertz CT molecular complexity index is 613. The van der Waals surface area contributed by atoms with E-state index in [-0.39, 0.29) is 5.70 Å². The molecule has 0 heterocycles. The average molecular weight is 296 g/mol. The minimum Gasteiger partial charge on any atom is -0.274 e. The third kappa shape index (κ3) is 5.36. The Morgan fingerprint density at radius 2 is 2.00 bits per heavy atom. The second kappa shape index (κ2) is 7.93. The lowest BCUT2D eigenvalue weighted by molar-refractivity contribution is -0.117. The van der Waals surface area contributed by atoms with Crippen LogP contribution in [0.4, 0.5) is 0 Å². The zero-order valence-electron chi connectivity index (χ0n) is 12.6. The summed E-state index contributed by atoms with van der Waals surface area (Å²) in [6.45, 7) is 5.58. The molecule has 1 saturated carbocycles. The summed E-state index contributed by atoms with van der Waals surface area (Å²) in [6, 6.07) is 9.83. The van der Waals surface area contributed by atoms with Crippen molar-refractivity contribution in [3.8, 4) is 0 Å². The van der Waals surface area contributed by atoms with Crippen molar-refractivity contribution in [1.82, 2.24) is 10.9 Å². The summed E-state index contributed by atoms with van der Waals surface area (Å²) in [7, 11) is 0. The molecular formula is C17H20N4O. The number of carbonyl (C=O) groups excluding carboxylic acids is 1. The van der Waals surface area contributed by atoms with Gasteiger partial charge in [-0.3, -0.25) is 10.2 Å². The number of hydrogen-bond donors (Lipinski definition) is 2. The van der Waals surface area contributed by atoms with Crippen LogP contribution >= 0.6 is 0 Å². The van der Waals surface area contributed by atoms with Crippen LogP contribution in [0, 0.1) is 5.92 Å². The Morgan fingerprint density at radius 3 is 2.68 bits per heavy atom. The number of nitrogens with zero attached hydrogens (tertiary/aromatic N) is 2. The molecule has 0 unspecified atom stereocenters. The molecule has 0 spiro atoms. The van der Waals surface area contributed by atoms with Crippen molar-refractivity contribution in [3.63, 3.8) is 0 Å². The Hall–Kier alpha value is -2.69. The zero-order valence-corrected chi connectivity index (χ0v) is 12.6. The summed E-state index contributed by atoms with van der Waals surface area (Å²) in [5, 5.41) is 7.95. The average Bonchev–Trinajstić information content (AvgIpc) is 3.37. The van der Waals surface area contributed by atoms with E-state index in [2.05, 4.69) is 27.6 Å². The van der Waals surface area contributed by atoms with Gasteiger partial charge in [-0.15, -0.1) is 0 Å². The monoisotopic (exact) mass is 296 g/mol. The van der Waals surface area contributed by atoms with Crippen molar-refractivity contribution >= 4 is 23.9 Å². The zero-order chi connectivity index (χ0) is 15.8. The molecule has 114 valence electrons. The maximum Gasteiger partial charge on any atom is 0.288 e. The van der Waals surface area contributed by atoms with E-state index in [1.165, 1.54) is 19.1 Å². The van der Waals surface area contributed by atoms with Gasteiger partial charge in [-0.2, -0.15) is 10.2 Å². The summed E-state index contributed by atoms with van der Waals surface area (Å²) in [5.41, 5.74) is 7.28. The van der Waals surface area contributed by atoms with Gasteiger partial charge in [-0.1, -0.05) is 43.0 Å². The fourth-order valence-electron chi connectivity index (χ4n) is 1.72. The first-order valence-electron chi connectivity index (χ1n) is 7.21. The fraction of sp³-hybridized carbons (Fsp3) is 0.235. The summed E-state index contributed by atoms with van der Waals surface area (Å²) in [4.78, 5) is 11.7. The summed E-state index contributed by atoms with van der Waals surface area (Å²) >= 11 is 0. The molecular weight excluding hydrogens is 276 g/mol. The van der Waals surface area contributed by atoms with Crippen LogP contribution in [0.5, 0.6) is 0 Å². The molecule has 2 N–H and O–H groups in total. The second-order valence-corrected chi connectivity index (χ2v) is 5.11. The molecule has 1 aliphatic carbocycles. The van der Waals surface area contributed by atoms with Crippen LogP contribution < -0.4 is 10.9 Å². The Kier molecular flexibility index (Phi) is 5.65. The number of hydrogen-bond acceptors (Lipinski definition) is 4. The highest BCUT2D eigenvalue weighted by molar-refractivity contribution is 5.93. The Morgan fingerprint density at radius 1 is 1.27 bits per heavy atom. The SMILES string of the molecule is C=C(N/N=C(\C)C1CC1)C(=O)N/N=C/C=C/c1ccccc1. The number of carbonyl (C=O) groups is 1. The normalized spacial score (nSPS) is 15.2. The topological polar surface area (TPSA) is 65.8 Å². The van der Waals surface area contributed by atoms with Crippen molar-refractivity contribution in [2.45, 2.75) is 19.8 Å². The smallest absolute Gasteiger partial charge is 0.274 e. The highest BCUT2D eigenvalue weighted by Crippen LogP contribution is 2.30. The van der Waals surface area contributed by atoms with E-state index < -0.39 is 5.91 Å². The molecule has 5 nitrogen and oxygen atoms in total. The molecule has 1 fully saturated rings. The Balaban J connectivity index is 1.72. The van der Waals surface area contributed by atoms with Crippen molar-refractivity contribution < 1.29 is 4.79 Å². The van der Waals surface area contributed by atoms with Crippen LogP contribution in [0.3, 0.4) is 0 Å².